The summed E-state index contributed by atoms with van der Waals surface area (Å²) in [6, 6.07) is 6.16. The number of rotatable bonds is 5. The number of hydrogen-bond acceptors (Lipinski definition) is 5. The van der Waals surface area contributed by atoms with Crippen molar-refractivity contribution < 1.29 is 9.18 Å². The lowest BCUT2D eigenvalue weighted by Crippen LogP contribution is -2.42. The highest BCUT2D eigenvalue weighted by Gasteiger charge is 2.40. The first-order valence-electron chi connectivity index (χ1n) is 8.92. The fraction of sp³-hybridized carbons (Fsp3) is 0.400. The van der Waals surface area contributed by atoms with Gasteiger partial charge in [0.2, 0.25) is 0 Å². The van der Waals surface area contributed by atoms with Crippen molar-refractivity contribution in [1.82, 2.24) is 9.88 Å². The van der Waals surface area contributed by atoms with E-state index < -0.39 is 6.04 Å². The van der Waals surface area contributed by atoms with Crippen LogP contribution in [-0.2, 0) is 4.79 Å². The Hall–Kier alpha value is -1.50. The second kappa shape index (κ2) is 7.62. The lowest BCUT2D eigenvalue weighted by Gasteiger charge is -2.37. The molecule has 1 saturated carbocycles. The van der Waals surface area contributed by atoms with E-state index in [1.165, 1.54) is 6.07 Å². The third-order valence-electron chi connectivity index (χ3n) is 5.10. The van der Waals surface area contributed by atoms with Crippen molar-refractivity contribution in [1.29, 1.82) is 0 Å². The van der Waals surface area contributed by atoms with Crippen molar-refractivity contribution in [2.45, 2.75) is 30.6 Å². The summed E-state index contributed by atoms with van der Waals surface area (Å²) in [6.45, 7) is 1.35. The summed E-state index contributed by atoms with van der Waals surface area (Å²) in [7, 11) is 0. The summed E-state index contributed by atoms with van der Waals surface area (Å²) in [4.78, 5) is 19.4. The predicted octanol–water partition coefficient (Wildman–Crippen LogP) is 4.39. The van der Waals surface area contributed by atoms with Gasteiger partial charge in [-0.3, -0.25) is 9.69 Å². The Balaban J connectivity index is 1.65. The first kappa shape index (κ1) is 17.9. The Kier molecular flexibility index (Phi) is 5.25. The fourth-order valence-corrected chi connectivity index (χ4v) is 4.34. The molecule has 1 aromatic carbocycles. The van der Waals surface area contributed by atoms with Crippen LogP contribution in [0, 0.1) is 11.7 Å². The molecule has 1 aromatic heterocycles. The van der Waals surface area contributed by atoms with Gasteiger partial charge in [0.1, 0.15) is 5.82 Å². The van der Waals surface area contributed by atoms with Crippen LogP contribution < -0.4 is 0 Å². The van der Waals surface area contributed by atoms with E-state index in [9.17, 15) is 9.18 Å². The number of Topliss-reactive ketones (excluding diaryl/α,β-unsaturated/α-hetero) is 1. The average Bonchev–Trinajstić information content (AvgIpc) is 3.37. The topological polar surface area (TPSA) is 33.2 Å². The number of thiazole rings is 1. The molecule has 6 heteroatoms. The summed E-state index contributed by atoms with van der Waals surface area (Å²) in [5.74, 6) is -0.0652. The molecule has 2 fully saturated rings. The van der Waals surface area contributed by atoms with Crippen molar-refractivity contribution in [3.63, 3.8) is 0 Å². The monoisotopic (exact) mass is 388 g/mol. The summed E-state index contributed by atoms with van der Waals surface area (Å²) < 4.78 is 14.5. The van der Waals surface area contributed by atoms with Gasteiger partial charge in [-0.15, -0.1) is 11.3 Å². The molecule has 4 rings (SSSR count). The second-order valence-electron chi connectivity index (χ2n) is 7.01. The van der Waals surface area contributed by atoms with Crippen LogP contribution in [0.4, 0.5) is 4.39 Å². The quantitative estimate of drug-likeness (QED) is 0.771. The molecular formula is C20H21FN2OS2. The van der Waals surface area contributed by atoms with Crippen LogP contribution in [0.5, 0.6) is 0 Å². The Labute approximate surface area is 162 Å². The number of ketones is 1. The van der Waals surface area contributed by atoms with Crippen LogP contribution in [0.3, 0.4) is 0 Å². The Morgan fingerprint density at radius 3 is 2.85 bits per heavy atom. The summed E-state index contributed by atoms with van der Waals surface area (Å²) in [5, 5.41) is 2.14. The van der Waals surface area contributed by atoms with Gasteiger partial charge in [-0.1, -0.05) is 18.2 Å². The second-order valence-corrected chi connectivity index (χ2v) is 8.35. The molecule has 2 atom stereocenters. The van der Waals surface area contributed by atoms with Crippen molar-refractivity contribution in [3.05, 3.63) is 57.8 Å². The van der Waals surface area contributed by atoms with Gasteiger partial charge in [0.25, 0.3) is 0 Å². The van der Waals surface area contributed by atoms with E-state index in [4.69, 9.17) is 12.6 Å². The first-order valence-corrected chi connectivity index (χ1v) is 10.4. The summed E-state index contributed by atoms with van der Waals surface area (Å²) in [5.41, 5.74) is 4.35. The van der Waals surface area contributed by atoms with E-state index in [-0.39, 0.29) is 22.8 Å². The molecule has 0 bridgehead atoms. The van der Waals surface area contributed by atoms with Crippen molar-refractivity contribution in [2.24, 2.45) is 5.92 Å². The van der Waals surface area contributed by atoms with Gasteiger partial charge >= 0.3 is 0 Å². The van der Waals surface area contributed by atoms with Gasteiger partial charge in [0.05, 0.1) is 17.2 Å². The molecule has 1 aliphatic heterocycles. The molecule has 26 heavy (non-hydrogen) atoms. The van der Waals surface area contributed by atoms with E-state index in [1.807, 2.05) is 11.4 Å². The number of piperidine rings is 1. The molecule has 1 saturated heterocycles. The normalized spacial score (nSPS) is 23.9. The largest absolute Gasteiger partial charge is 0.297 e. The number of carbonyl (C=O) groups excluding carboxylic acids is 1. The van der Waals surface area contributed by atoms with Gasteiger partial charge in [0.15, 0.2) is 5.78 Å². The first-order chi connectivity index (χ1) is 12.6. The van der Waals surface area contributed by atoms with E-state index in [2.05, 4.69) is 16.0 Å². The van der Waals surface area contributed by atoms with Crippen molar-refractivity contribution in [2.75, 3.05) is 13.1 Å². The Morgan fingerprint density at radius 2 is 2.15 bits per heavy atom. The van der Waals surface area contributed by atoms with Crippen LogP contribution in [0.25, 0.3) is 6.08 Å². The highest BCUT2D eigenvalue weighted by atomic mass is 32.1. The predicted molar refractivity (Wildman–Crippen MR) is 106 cm³/mol. The maximum absolute atomic E-state index is 14.5. The van der Waals surface area contributed by atoms with Gasteiger partial charge in [0, 0.05) is 35.2 Å². The minimum atomic E-state index is -0.511. The van der Waals surface area contributed by atoms with E-state index in [0.29, 0.717) is 12.1 Å². The lowest BCUT2D eigenvalue weighted by molar-refractivity contribution is -0.126. The van der Waals surface area contributed by atoms with Gasteiger partial charge in [-0.2, -0.15) is 12.6 Å². The molecule has 3 nitrogen and oxygen atoms in total. The number of benzene rings is 1. The minimum absolute atomic E-state index is 0.0827. The van der Waals surface area contributed by atoms with Crippen molar-refractivity contribution in [3.8, 4) is 0 Å². The zero-order chi connectivity index (χ0) is 18.1. The molecule has 2 unspecified atom stereocenters. The maximum atomic E-state index is 14.5. The SMILES string of the molecule is O=C(C1CC1)C(c1ccccc1F)N1CCC(S)C(=Cc2cscn2)C1. The van der Waals surface area contributed by atoms with Crippen LogP contribution in [-0.4, -0.2) is 34.0 Å². The smallest absolute Gasteiger partial charge is 0.157 e. The molecule has 2 aliphatic rings. The summed E-state index contributed by atoms with van der Waals surface area (Å²) in [6.07, 6.45) is 4.74. The average molecular weight is 389 g/mol. The molecular weight excluding hydrogens is 367 g/mol. The van der Waals surface area contributed by atoms with E-state index in [0.717, 1.165) is 37.1 Å². The number of halogens is 1. The fourth-order valence-electron chi connectivity index (χ4n) is 3.56. The van der Waals surface area contributed by atoms with E-state index in [1.54, 1.807) is 29.0 Å². The molecule has 136 valence electrons. The Morgan fingerprint density at radius 1 is 1.35 bits per heavy atom. The molecule has 0 radical (unpaired) electrons. The summed E-state index contributed by atoms with van der Waals surface area (Å²) >= 11 is 6.27. The van der Waals surface area contributed by atoms with E-state index >= 15 is 0 Å². The van der Waals surface area contributed by atoms with Crippen LogP contribution in [0.2, 0.25) is 0 Å². The number of likely N-dealkylation sites (tertiary alicyclic amines) is 1. The molecule has 2 heterocycles. The minimum Gasteiger partial charge on any atom is -0.297 e. The van der Waals surface area contributed by atoms with Gasteiger partial charge in [-0.25, -0.2) is 9.37 Å². The maximum Gasteiger partial charge on any atom is 0.157 e. The highest BCUT2D eigenvalue weighted by molar-refractivity contribution is 7.81. The van der Waals surface area contributed by atoms with Gasteiger partial charge in [-0.05, 0) is 37.0 Å². The number of aromatic nitrogens is 1. The highest BCUT2D eigenvalue weighted by Crippen LogP contribution is 2.39. The molecule has 1 aliphatic carbocycles. The molecule has 2 aromatic rings. The van der Waals surface area contributed by atoms with Crippen molar-refractivity contribution >= 4 is 35.8 Å². The third kappa shape index (κ3) is 3.77. The zero-order valence-corrected chi connectivity index (χ0v) is 16.1. The number of carbonyl (C=O) groups is 1. The molecule has 0 N–H and O–H groups in total. The third-order valence-corrected chi connectivity index (χ3v) is 6.30. The standard InChI is InChI=1S/C20H21FN2OS2/c21-17-4-2-1-3-16(17)19(20(24)13-5-6-13)23-8-7-18(25)14(10-23)9-15-11-26-12-22-15/h1-4,9,11-13,18-19,25H,5-8,10H2. The van der Waals surface area contributed by atoms with Gasteiger partial charge < -0.3 is 0 Å². The van der Waals surface area contributed by atoms with Crippen LogP contribution >= 0.6 is 24.0 Å². The van der Waals surface area contributed by atoms with Crippen LogP contribution in [0.15, 0.2) is 40.7 Å². The lowest BCUT2D eigenvalue weighted by atomic mass is 9.93. The molecule has 0 amide bonds. The number of hydrogen-bond donors (Lipinski definition) is 1. The van der Waals surface area contributed by atoms with Crippen LogP contribution in [0.1, 0.15) is 36.6 Å². The zero-order valence-electron chi connectivity index (χ0n) is 14.3. The Bertz CT molecular complexity index is 817. The molecule has 0 spiro atoms. The number of nitrogens with zero attached hydrogens (tertiary/aromatic N) is 2. The number of thiol groups is 1.